The third kappa shape index (κ3) is 4.72. The molecule has 3 heterocycles. The summed E-state index contributed by atoms with van der Waals surface area (Å²) in [6.07, 6.45) is 3.39. The van der Waals surface area contributed by atoms with Gasteiger partial charge in [-0.15, -0.1) is 0 Å². The van der Waals surface area contributed by atoms with Gasteiger partial charge in [-0.25, -0.2) is 9.36 Å². The standard InChI is InChI=1S/C22H21N5O5S/c1-2-32-18(28)12-27-20(30)15-7-8-24-10-16(15)26(22(27)31)11-14-5-3-13(4-6-14)9-17-19(29)25-21(23)33-17/h3-8,10,17H,2,9,11-12H2,1H3,(H2,23,25,29). The molecule has 10 nitrogen and oxygen atoms in total. The van der Waals surface area contributed by atoms with Gasteiger partial charge in [0.25, 0.3) is 5.56 Å². The quantitative estimate of drug-likeness (QED) is 0.492. The highest BCUT2D eigenvalue weighted by Gasteiger charge is 2.29. The minimum atomic E-state index is -0.664. The van der Waals surface area contributed by atoms with Gasteiger partial charge in [0.05, 0.1) is 35.5 Å². The van der Waals surface area contributed by atoms with E-state index >= 15 is 0 Å². The second-order valence-electron chi connectivity index (χ2n) is 7.40. The summed E-state index contributed by atoms with van der Waals surface area (Å²) in [5.74, 6) is -0.841. The second-order valence-corrected chi connectivity index (χ2v) is 8.62. The van der Waals surface area contributed by atoms with Crippen LogP contribution >= 0.6 is 11.8 Å². The molecule has 3 aromatic rings. The predicted molar refractivity (Wildman–Crippen MR) is 123 cm³/mol. The summed E-state index contributed by atoms with van der Waals surface area (Å²) in [6.45, 7) is 1.48. The van der Waals surface area contributed by atoms with E-state index in [0.717, 1.165) is 15.7 Å². The number of hydrogen-bond acceptors (Lipinski definition) is 8. The third-order valence-corrected chi connectivity index (χ3v) is 6.20. The fourth-order valence-corrected chi connectivity index (χ4v) is 4.51. The van der Waals surface area contributed by atoms with Gasteiger partial charge in [-0.05, 0) is 30.5 Å². The Morgan fingerprint density at radius 2 is 1.88 bits per heavy atom. The smallest absolute Gasteiger partial charge is 0.332 e. The van der Waals surface area contributed by atoms with Crippen molar-refractivity contribution >= 4 is 39.7 Å². The number of rotatable bonds is 7. The Balaban J connectivity index is 1.65. The van der Waals surface area contributed by atoms with Crippen molar-refractivity contribution in [1.82, 2.24) is 19.4 Å². The molecular formula is C22H21N5O5S. The second kappa shape index (κ2) is 9.41. The summed E-state index contributed by atoms with van der Waals surface area (Å²) in [7, 11) is 0. The molecule has 170 valence electrons. The molecule has 1 aromatic carbocycles. The molecule has 2 N–H and O–H groups in total. The van der Waals surface area contributed by atoms with E-state index in [1.165, 1.54) is 34.8 Å². The molecule has 0 bridgehead atoms. The highest BCUT2D eigenvalue weighted by atomic mass is 32.2. The summed E-state index contributed by atoms with van der Waals surface area (Å²) >= 11 is 1.19. The van der Waals surface area contributed by atoms with Crippen LogP contribution in [0.3, 0.4) is 0 Å². The minimum absolute atomic E-state index is 0.147. The Morgan fingerprint density at radius 1 is 1.15 bits per heavy atom. The zero-order valence-electron chi connectivity index (χ0n) is 17.7. The largest absolute Gasteiger partial charge is 0.465 e. The van der Waals surface area contributed by atoms with Crippen molar-refractivity contribution in [2.75, 3.05) is 6.61 Å². The summed E-state index contributed by atoms with van der Waals surface area (Å²) < 4.78 is 7.18. The fraction of sp³-hybridized carbons (Fsp3) is 0.273. The normalized spacial score (nSPS) is 15.6. The van der Waals surface area contributed by atoms with Crippen molar-refractivity contribution < 1.29 is 14.3 Å². The lowest BCUT2D eigenvalue weighted by molar-refractivity contribution is -0.144. The van der Waals surface area contributed by atoms with E-state index in [9.17, 15) is 19.2 Å². The van der Waals surface area contributed by atoms with E-state index in [4.69, 9.17) is 10.1 Å². The van der Waals surface area contributed by atoms with Gasteiger partial charge in [0.1, 0.15) is 6.54 Å². The van der Waals surface area contributed by atoms with Crippen molar-refractivity contribution in [2.45, 2.75) is 31.7 Å². The van der Waals surface area contributed by atoms with Crippen LogP contribution in [-0.4, -0.2) is 43.0 Å². The number of thioether (sulfide) groups is 1. The van der Waals surface area contributed by atoms with E-state index in [-0.39, 0.29) is 34.9 Å². The van der Waals surface area contributed by atoms with Gasteiger partial charge in [0.15, 0.2) is 5.17 Å². The third-order valence-electron chi connectivity index (χ3n) is 5.19. The lowest BCUT2D eigenvalue weighted by Gasteiger charge is -2.14. The highest BCUT2D eigenvalue weighted by Crippen LogP contribution is 2.22. The summed E-state index contributed by atoms with van der Waals surface area (Å²) in [5, 5.41) is 10.1. The Bertz CT molecular complexity index is 1360. The van der Waals surface area contributed by atoms with E-state index in [2.05, 4.69) is 10.3 Å². The zero-order chi connectivity index (χ0) is 23.5. The number of pyridine rings is 1. The lowest BCUT2D eigenvalue weighted by Crippen LogP contribution is -2.42. The molecule has 1 amide bonds. The molecule has 1 aliphatic rings. The molecule has 1 saturated heterocycles. The van der Waals surface area contributed by atoms with E-state index in [1.54, 1.807) is 6.92 Å². The van der Waals surface area contributed by atoms with Gasteiger partial charge in [0.2, 0.25) is 5.91 Å². The van der Waals surface area contributed by atoms with Crippen molar-refractivity contribution in [3.63, 3.8) is 0 Å². The van der Waals surface area contributed by atoms with E-state index in [0.29, 0.717) is 11.9 Å². The van der Waals surface area contributed by atoms with E-state index in [1.807, 2.05) is 24.3 Å². The fourth-order valence-electron chi connectivity index (χ4n) is 3.62. The Kier molecular flexibility index (Phi) is 6.40. The van der Waals surface area contributed by atoms with Gasteiger partial charge in [-0.2, -0.15) is 0 Å². The van der Waals surface area contributed by atoms with Crippen molar-refractivity contribution in [1.29, 1.82) is 5.41 Å². The maximum Gasteiger partial charge on any atom is 0.332 e. The first-order valence-corrected chi connectivity index (χ1v) is 11.1. The number of amidine groups is 1. The SMILES string of the molecule is CCOC(=O)Cn1c(=O)c2ccncc2n(Cc2ccc(CC3SC(=N)NC3=O)cc2)c1=O. The molecule has 11 heteroatoms. The first-order chi connectivity index (χ1) is 15.9. The first-order valence-electron chi connectivity index (χ1n) is 10.2. The monoisotopic (exact) mass is 467 g/mol. The molecule has 0 aliphatic carbocycles. The van der Waals surface area contributed by atoms with E-state index < -0.39 is 23.8 Å². The highest BCUT2D eigenvalue weighted by molar-refractivity contribution is 8.15. The lowest BCUT2D eigenvalue weighted by atomic mass is 10.1. The molecule has 1 unspecified atom stereocenters. The number of amides is 1. The van der Waals surface area contributed by atoms with Crippen LogP contribution in [0, 0.1) is 5.41 Å². The number of nitrogens with one attached hydrogen (secondary N) is 2. The summed E-state index contributed by atoms with van der Waals surface area (Å²) in [6, 6.07) is 8.93. The number of fused-ring (bicyclic) bond motifs is 1. The average molecular weight is 468 g/mol. The summed E-state index contributed by atoms with van der Waals surface area (Å²) in [5.41, 5.74) is 0.884. The molecule has 0 spiro atoms. The Labute approximate surface area is 192 Å². The van der Waals surface area contributed by atoms with Crippen LogP contribution in [0.4, 0.5) is 0 Å². The van der Waals surface area contributed by atoms with Crippen LogP contribution < -0.4 is 16.6 Å². The minimum Gasteiger partial charge on any atom is -0.465 e. The van der Waals surface area contributed by atoms with Crippen LogP contribution in [0.2, 0.25) is 0 Å². The van der Waals surface area contributed by atoms with Crippen molar-refractivity contribution in [3.05, 3.63) is 74.7 Å². The number of esters is 1. The Hall–Kier alpha value is -3.73. The first kappa shape index (κ1) is 22.5. The molecular weight excluding hydrogens is 446 g/mol. The zero-order valence-corrected chi connectivity index (χ0v) is 18.6. The maximum atomic E-state index is 13.1. The molecule has 0 radical (unpaired) electrons. The van der Waals surface area contributed by atoms with Crippen LogP contribution in [0.25, 0.3) is 10.9 Å². The van der Waals surface area contributed by atoms with Gasteiger partial charge < -0.3 is 10.1 Å². The molecule has 2 aromatic heterocycles. The number of hydrogen-bond donors (Lipinski definition) is 2. The van der Waals surface area contributed by atoms with Gasteiger partial charge in [-0.3, -0.25) is 29.3 Å². The number of nitrogens with zero attached hydrogens (tertiary/aromatic N) is 3. The number of aromatic nitrogens is 3. The number of benzene rings is 1. The van der Waals surface area contributed by atoms with Gasteiger partial charge >= 0.3 is 11.7 Å². The predicted octanol–water partition coefficient (Wildman–Crippen LogP) is 0.878. The van der Waals surface area contributed by atoms with Crippen molar-refractivity contribution in [3.8, 4) is 0 Å². The summed E-state index contributed by atoms with van der Waals surface area (Å²) in [4.78, 5) is 53.8. The van der Waals surface area contributed by atoms with Gasteiger partial charge in [-0.1, -0.05) is 36.0 Å². The van der Waals surface area contributed by atoms with Crippen LogP contribution in [0.1, 0.15) is 18.1 Å². The molecule has 4 rings (SSSR count). The maximum absolute atomic E-state index is 13.1. The molecule has 1 atom stereocenters. The molecule has 33 heavy (non-hydrogen) atoms. The molecule has 1 aliphatic heterocycles. The number of ether oxygens (including phenoxy) is 1. The van der Waals surface area contributed by atoms with Gasteiger partial charge in [0, 0.05) is 6.20 Å². The molecule has 0 saturated carbocycles. The Morgan fingerprint density at radius 3 is 2.55 bits per heavy atom. The van der Waals surface area contributed by atoms with Crippen LogP contribution in [0.5, 0.6) is 0 Å². The van der Waals surface area contributed by atoms with Crippen LogP contribution in [-0.2, 0) is 33.8 Å². The topological polar surface area (TPSA) is 136 Å². The van der Waals surface area contributed by atoms with Crippen molar-refractivity contribution in [2.24, 2.45) is 0 Å². The molecule has 1 fully saturated rings. The number of carbonyl (C=O) groups is 2. The van der Waals surface area contributed by atoms with Crippen LogP contribution in [0.15, 0.2) is 52.3 Å². The average Bonchev–Trinajstić information content (AvgIpc) is 3.12. The number of carbonyl (C=O) groups excluding carboxylic acids is 2.